The second-order valence-electron chi connectivity index (χ2n) is 6.00. The molecule has 0 saturated heterocycles. The first kappa shape index (κ1) is 15.4. The molecule has 1 atom stereocenters. The number of hydrogen-bond donors (Lipinski definition) is 0. The summed E-state index contributed by atoms with van der Waals surface area (Å²) in [5.41, 5.74) is 4.46. The Balaban J connectivity index is 1.74. The molecule has 3 aromatic rings. The van der Waals surface area contributed by atoms with Crippen molar-refractivity contribution in [3.63, 3.8) is 0 Å². The first-order valence-corrected chi connectivity index (χ1v) is 8.26. The summed E-state index contributed by atoms with van der Waals surface area (Å²) >= 11 is 0. The Morgan fingerprint density at radius 2 is 1.96 bits per heavy atom. The zero-order valence-corrected chi connectivity index (χ0v) is 14.1. The molecule has 2 aromatic heterocycles. The number of benzene rings is 1. The zero-order valence-electron chi connectivity index (χ0n) is 14.1. The minimum absolute atomic E-state index is 0.00131. The van der Waals surface area contributed by atoms with Gasteiger partial charge in [-0.05, 0) is 23.8 Å². The van der Waals surface area contributed by atoms with Crippen LogP contribution in [0.15, 0.2) is 48.0 Å². The summed E-state index contributed by atoms with van der Waals surface area (Å²) in [5, 5.41) is 10.4. The predicted molar refractivity (Wildman–Crippen MR) is 93.8 cm³/mol. The molecule has 1 aliphatic heterocycles. The van der Waals surface area contributed by atoms with Crippen molar-refractivity contribution < 1.29 is 4.79 Å². The molecule has 7 heteroatoms. The number of hydrogen-bond acceptors (Lipinski definition) is 5. The molecule has 4 rings (SSSR count). The van der Waals surface area contributed by atoms with Crippen LogP contribution in [0.5, 0.6) is 0 Å². The Hall–Kier alpha value is -3.09. The molecular weight excluding hydrogens is 316 g/mol. The number of aryl methyl sites for hydroxylation is 1. The lowest BCUT2D eigenvalue weighted by Crippen LogP contribution is -2.26. The highest BCUT2D eigenvalue weighted by Gasteiger charge is 2.33. The van der Waals surface area contributed by atoms with E-state index in [1.54, 1.807) is 28.3 Å². The third-order valence-electron chi connectivity index (χ3n) is 4.46. The first-order chi connectivity index (χ1) is 12.2. The molecule has 0 bridgehead atoms. The molecule has 1 amide bonds. The predicted octanol–water partition coefficient (Wildman–Crippen LogP) is 2.45. The highest BCUT2D eigenvalue weighted by atomic mass is 16.2. The zero-order chi connectivity index (χ0) is 17.4. The van der Waals surface area contributed by atoms with Crippen molar-refractivity contribution in [2.45, 2.75) is 25.8 Å². The van der Waals surface area contributed by atoms with Gasteiger partial charge in [-0.25, -0.2) is 5.01 Å². The summed E-state index contributed by atoms with van der Waals surface area (Å²) in [6.45, 7) is 1.85. The average Bonchev–Trinajstić information content (AvgIpc) is 3.26. The highest BCUT2D eigenvalue weighted by Crippen LogP contribution is 2.34. The Morgan fingerprint density at radius 3 is 2.68 bits per heavy atom. The molecule has 25 heavy (non-hydrogen) atoms. The number of aromatic nitrogens is 4. The van der Waals surface area contributed by atoms with E-state index >= 15 is 0 Å². The minimum atomic E-state index is -0.135. The van der Waals surface area contributed by atoms with Crippen molar-refractivity contribution in [2.24, 2.45) is 12.1 Å². The third-order valence-corrected chi connectivity index (χ3v) is 4.46. The van der Waals surface area contributed by atoms with Gasteiger partial charge in [-0.1, -0.05) is 13.0 Å². The topological polar surface area (TPSA) is 76.3 Å². The van der Waals surface area contributed by atoms with Gasteiger partial charge in [0.1, 0.15) is 0 Å². The van der Waals surface area contributed by atoms with E-state index in [1.165, 1.54) is 0 Å². The van der Waals surface area contributed by atoms with E-state index < -0.39 is 0 Å². The van der Waals surface area contributed by atoms with Gasteiger partial charge in [-0.2, -0.15) is 10.2 Å². The minimum Gasteiger partial charge on any atom is -0.273 e. The molecule has 7 nitrogen and oxygen atoms in total. The maximum atomic E-state index is 12.4. The highest BCUT2D eigenvalue weighted by molar-refractivity contribution is 6.02. The fourth-order valence-corrected chi connectivity index (χ4v) is 3.16. The van der Waals surface area contributed by atoms with Gasteiger partial charge in [0.05, 0.1) is 28.5 Å². The van der Waals surface area contributed by atoms with Crippen LogP contribution in [0.2, 0.25) is 0 Å². The second kappa shape index (κ2) is 6.08. The molecule has 1 aromatic carbocycles. The smallest absolute Gasteiger partial charge is 0.242 e. The van der Waals surface area contributed by atoms with Crippen molar-refractivity contribution in [1.82, 2.24) is 24.8 Å². The number of amides is 1. The molecule has 0 N–H and O–H groups in total. The third kappa shape index (κ3) is 2.67. The van der Waals surface area contributed by atoms with Crippen molar-refractivity contribution in [3.8, 4) is 0 Å². The molecule has 0 aliphatic carbocycles. The molecule has 0 spiro atoms. The fourth-order valence-electron chi connectivity index (χ4n) is 3.16. The molecule has 3 heterocycles. The van der Waals surface area contributed by atoms with E-state index in [0.717, 1.165) is 28.0 Å². The quantitative estimate of drug-likeness (QED) is 0.737. The maximum absolute atomic E-state index is 12.4. The van der Waals surface area contributed by atoms with Crippen LogP contribution in [-0.4, -0.2) is 36.4 Å². The summed E-state index contributed by atoms with van der Waals surface area (Å²) in [4.78, 5) is 21.1. The average molecular weight is 334 g/mol. The Kier molecular flexibility index (Phi) is 3.76. The van der Waals surface area contributed by atoms with Crippen LogP contribution >= 0.6 is 0 Å². The van der Waals surface area contributed by atoms with E-state index in [0.29, 0.717) is 12.8 Å². The van der Waals surface area contributed by atoms with Crippen LogP contribution in [0.1, 0.15) is 37.1 Å². The van der Waals surface area contributed by atoms with Crippen LogP contribution < -0.4 is 0 Å². The monoisotopic (exact) mass is 334 g/mol. The van der Waals surface area contributed by atoms with Crippen molar-refractivity contribution in [2.75, 3.05) is 0 Å². The van der Waals surface area contributed by atoms with E-state index in [4.69, 9.17) is 0 Å². The number of nitrogens with zero attached hydrogens (tertiary/aromatic N) is 6. The number of fused-ring (bicyclic) bond motifs is 1. The summed E-state index contributed by atoms with van der Waals surface area (Å²) < 4.78 is 1.78. The largest absolute Gasteiger partial charge is 0.273 e. The van der Waals surface area contributed by atoms with E-state index in [9.17, 15) is 4.79 Å². The summed E-state index contributed by atoms with van der Waals surface area (Å²) in [6, 6.07) is 7.71. The fraction of sp³-hybridized carbons (Fsp3) is 0.278. The van der Waals surface area contributed by atoms with Gasteiger partial charge in [0.15, 0.2) is 0 Å². The Morgan fingerprint density at radius 1 is 1.16 bits per heavy atom. The van der Waals surface area contributed by atoms with Gasteiger partial charge in [0.25, 0.3) is 0 Å². The van der Waals surface area contributed by atoms with E-state index in [1.807, 2.05) is 38.2 Å². The van der Waals surface area contributed by atoms with Gasteiger partial charge in [0.2, 0.25) is 5.91 Å². The number of hydrazone groups is 1. The number of carbonyl (C=O) groups excluding carboxylic acids is 1. The second-order valence-corrected chi connectivity index (χ2v) is 6.00. The van der Waals surface area contributed by atoms with Crippen LogP contribution in [0.4, 0.5) is 0 Å². The molecular formula is C18H18N6O. The summed E-state index contributed by atoms with van der Waals surface area (Å²) in [7, 11) is 1.88. The van der Waals surface area contributed by atoms with Crippen LogP contribution in [0.3, 0.4) is 0 Å². The first-order valence-electron chi connectivity index (χ1n) is 8.26. The lowest BCUT2D eigenvalue weighted by molar-refractivity contribution is -0.132. The van der Waals surface area contributed by atoms with Crippen molar-refractivity contribution in [3.05, 3.63) is 54.1 Å². The lowest BCUT2D eigenvalue weighted by atomic mass is 10.00. The molecule has 1 aliphatic rings. The number of rotatable bonds is 3. The Bertz CT molecular complexity index is 976. The molecule has 1 unspecified atom stereocenters. The lowest BCUT2D eigenvalue weighted by Gasteiger charge is -2.21. The van der Waals surface area contributed by atoms with Crippen LogP contribution in [0, 0.1) is 0 Å². The van der Waals surface area contributed by atoms with Gasteiger partial charge in [-0.15, -0.1) is 0 Å². The molecule has 126 valence electrons. The van der Waals surface area contributed by atoms with Crippen molar-refractivity contribution >= 4 is 22.7 Å². The van der Waals surface area contributed by atoms with Gasteiger partial charge < -0.3 is 0 Å². The number of carbonyl (C=O) groups is 1. The Labute approximate surface area is 145 Å². The van der Waals surface area contributed by atoms with E-state index in [-0.39, 0.29) is 11.9 Å². The SMILES string of the molecule is CCC(=O)N1N=C(c2ccnn2C)CC1c1ccc2nccnc2c1. The normalized spacial score (nSPS) is 17.1. The standard InChI is InChI=1S/C18H18N6O/c1-3-18(25)24-17(11-15(22-24)16-6-7-21-23(16)2)12-4-5-13-14(10-12)20-9-8-19-13/h4-10,17H,3,11H2,1-2H3. The molecule has 0 fully saturated rings. The van der Waals surface area contributed by atoms with Crippen LogP contribution in [0.25, 0.3) is 11.0 Å². The van der Waals surface area contributed by atoms with Gasteiger partial charge in [-0.3, -0.25) is 19.4 Å². The molecule has 0 radical (unpaired) electrons. The maximum Gasteiger partial charge on any atom is 0.242 e. The summed E-state index contributed by atoms with van der Waals surface area (Å²) in [5.74, 6) is 0.00131. The molecule has 0 saturated carbocycles. The van der Waals surface area contributed by atoms with Gasteiger partial charge >= 0.3 is 0 Å². The summed E-state index contributed by atoms with van der Waals surface area (Å²) in [6.07, 6.45) is 6.15. The van der Waals surface area contributed by atoms with Crippen molar-refractivity contribution in [1.29, 1.82) is 0 Å². The van der Waals surface area contributed by atoms with Crippen LogP contribution in [-0.2, 0) is 11.8 Å². The van der Waals surface area contributed by atoms with E-state index in [2.05, 4.69) is 20.2 Å². The van der Waals surface area contributed by atoms with Gasteiger partial charge in [0, 0.05) is 38.5 Å².